The van der Waals surface area contributed by atoms with E-state index >= 15 is 0 Å². The lowest BCUT2D eigenvalue weighted by Crippen LogP contribution is -2.39. The zero-order valence-corrected chi connectivity index (χ0v) is 17.0. The lowest BCUT2D eigenvalue weighted by molar-refractivity contribution is -0.117. The molecule has 1 heterocycles. The first-order valence-corrected chi connectivity index (χ1v) is 10.6. The number of ether oxygens (including phenoxy) is 2. The number of nitrogens with two attached hydrogens (primary N) is 1. The SMILES string of the molecule is CCOc1ccc(NC(=O)C2CC(c3ccc(OC)c(S(N)(=O)=O)c3)NN2)cc1. The Morgan fingerprint density at radius 3 is 2.55 bits per heavy atom. The molecule has 0 aromatic heterocycles. The molecule has 1 amide bonds. The summed E-state index contributed by atoms with van der Waals surface area (Å²) in [7, 11) is -2.56. The zero-order valence-electron chi connectivity index (χ0n) is 16.1. The maximum atomic E-state index is 12.5. The van der Waals surface area contributed by atoms with Crippen LogP contribution in [-0.2, 0) is 14.8 Å². The van der Waals surface area contributed by atoms with Crippen molar-refractivity contribution in [2.45, 2.75) is 30.3 Å². The van der Waals surface area contributed by atoms with Crippen LogP contribution < -0.4 is 30.8 Å². The highest BCUT2D eigenvalue weighted by Crippen LogP contribution is 2.30. The monoisotopic (exact) mass is 420 g/mol. The van der Waals surface area contributed by atoms with Gasteiger partial charge in [0.05, 0.1) is 13.7 Å². The first kappa shape index (κ1) is 21.1. The highest BCUT2D eigenvalue weighted by atomic mass is 32.2. The lowest BCUT2D eigenvalue weighted by atomic mass is 10.0. The molecule has 5 N–H and O–H groups in total. The number of primary sulfonamides is 1. The summed E-state index contributed by atoms with van der Waals surface area (Å²) in [6.45, 7) is 2.48. The van der Waals surface area contributed by atoms with Crippen molar-refractivity contribution in [1.82, 2.24) is 10.9 Å². The Balaban J connectivity index is 1.67. The smallest absolute Gasteiger partial charge is 0.242 e. The fourth-order valence-electron chi connectivity index (χ4n) is 3.11. The fourth-order valence-corrected chi connectivity index (χ4v) is 3.84. The Morgan fingerprint density at radius 2 is 1.93 bits per heavy atom. The van der Waals surface area contributed by atoms with Gasteiger partial charge in [0.2, 0.25) is 15.9 Å². The molecule has 1 saturated heterocycles. The number of benzene rings is 2. The van der Waals surface area contributed by atoms with Gasteiger partial charge in [0.25, 0.3) is 0 Å². The van der Waals surface area contributed by atoms with Crippen LogP contribution in [0.4, 0.5) is 5.69 Å². The molecule has 2 aromatic carbocycles. The van der Waals surface area contributed by atoms with Crippen LogP contribution >= 0.6 is 0 Å². The zero-order chi connectivity index (χ0) is 21.0. The van der Waals surface area contributed by atoms with Crippen LogP contribution in [0.5, 0.6) is 11.5 Å². The average Bonchev–Trinajstić information content (AvgIpc) is 3.19. The molecule has 0 spiro atoms. The minimum Gasteiger partial charge on any atom is -0.495 e. The number of sulfonamides is 1. The Labute approximate surface area is 169 Å². The molecule has 0 bridgehead atoms. The average molecular weight is 420 g/mol. The third kappa shape index (κ3) is 5.04. The summed E-state index contributed by atoms with van der Waals surface area (Å²) >= 11 is 0. The number of carbonyl (C=O) groups excluding carboxylic acids is 1. The normalized spacial score (nSPS) is 19.0. The fraction of sp³-hybridized carbons (Fsp3) is 0.316. The van der Waals surface area contributed by atoms with Gasteiger partial charge in [-0.1, -0.05) is 6.07 Å². The predicted octanol–water partition coefficient (Wildman–Crippen LogP) is 1.29. The molecular weight excluding hydrogens is 396 g/mol. The maximum Gasteiger partial charge on any atom is 0.242 e. The molecule has 0 saturated carbocycles. The summed E-state index contributed by atoms with van der Waals surface area (Å²) in [5.41, 5.74) is 7.31. The Bertz CT molecular complexity index is 979. The van der Waals surface area contributed by atoms with E-state index in [1.165, 1.54) is 13.2 Å². The number of methoxy groups -OCH3 is 1. The summed E-state index contributed by atoms with van der Waals surface area (Å²) in [6, 6.07) is 11.1. The van der Waals surface area contributed by atoms with E-state index in [-0.39, 0.29) is 22.6 Å². The molecule has 29 heavy (non-hydrogen) atoms. The van der Waals surface area contributed by atoms with Gasteiger partial charge in [-0.3, -0.25) is 4.79 Å². The van der Waals surface area contributed by atoms with Crippen molar-refractivity contribution in [1.29, 1.82) is 0 Å². The standard InChI is InChI=1S/C19H24N4O5S/c1-3-28-14-7-5-13(6-8-14)21-19(24)16-11-15(22-23-16)12-4-9-17(27-2)18(10-12)29(20,25)26/h4-10,15-16,22-23H,3,11H2,1-2H3,(H,21,24)(H2,20,25,26). The number of hydrazine groups is 1. The van der Waals surface area contributed by atoms with E-state index in [0.29, 0.717) is 24.3 Å². The second-order valence-electron chi connectivity index (χ2n) is 6.53. The Hall–Kier alpha value is -2.66. The van der Waals surface area contributed by atoms with Crippen molar-refractivity contribution in [2.75, 3.05) is 19.0 Å². The first-order valence-electron chi connectivity index (χ1n) is 9.07. The molecular formula is C19H24N4O5S. The topological polar surface area (TPSA) is 132 Å². The maximum absolute atomic E-state index is 12.5. The second-order valence-corrected chi connectivity index (χ2v) is 8.06. The van der Waals surface area contributed by atoms with E-state index in [4.69, 9.17) is 14.6 Å². The summed E-state index contributed by atoms with van der Waals surface area (Å²) in [5, 5.41) is 8.12. The van der Waals surface area contributed by atoms with E-state index in [9.17, 15) is 13.2 Å². The van der Waals surface area contributed by atoms with Crippen molar-refractivity contribution in [3.63, 3.8) is 0 Å². The second kappa shape index (κ2) is 8.78. The van der Waals surface area contributed by atoms with Crippen LogP contribution in [0.25, 0.3) is 0 Å². The van der Waals surface area contributed by atoms with Gasteiger partial charge in [0, 0.05) is 11.7 Å². The highest BCUT2D eigenvalue weighted by molar-refractivity contribution is 7.89. The van der Waals surface area contributed by atoms with Gasteiger partial charge >= 0.3 is 0 Å². The van der Waals surface area contributed by atoms with E-state index in [0.717, 1.165) is 5.75 Å². The summed E-state index contributed by atoms with van der Waals surface area (Å²) < 4.78 is 34.1. The van der Waals surface area contributed by atoms with Crippen molar-refractivity contribution in [2.24, 2.45) is 5.14 Å². The van der Waals surface area contributed by atoms with E-state index in [2.05, 4.69) is 16.2 Å². The van der Waals surface area contributed by atoms with Gasteiger partial charge in [0.1, 0.15) is 22.4 Å². The largest absolute Gasteiger partial charge is 0.495 e. The molecule has 2 unspecified atom stereocenters. The summed E-state index contributed by atoms with van der Waals surface area (Å²) in [5.74, 6) is 0.702. The van der Waals surface area contributed by atoms with E-state index < -0.39 is 16.1 Å². The van der Waals surface area contributed by atoms with Crippen LogP contribution in [0.15, 0.2) is 47.4 Å². The molecule has 3 rings (SSSR count). The quantitative estimate of drug-likeness (QED) is 0.531. The molecule has 2 aromatic rings. The van der Waals surface area contributed by atoms with Crippen molar-refractivity contribution < 1.29 is 22.7 Å². The molecule has 10 heteroatoms. The summed E-state index contributed by atoms with van der Waals surface area (Å²) in [4.78, 5) is 12.5. The van der Waals surface area contributed by atoms with Crippen LogP contribution in [-0.4, -0.2) is 34.1 Å². The van der Waals surface area contributed by atoms with Gasteiger partial charge in [-0.25, -0.2) is 24.4 Å². The first-order chi connectivity index (χ1) is 13.8. The van der Waals surface area contributed by atoms with Crippen LogP contribution in [0.3, 0.4) is 0 Å². The van der Waals surface area contributed by atoms with Crippen molar-refractivity contribution >= 4 is 21.6 Å². The predicted molar refractivity (Wildman–Crippen MR) is 108 cm³/mol. The lowest BCUT2D eigenvalue weighted by Gasteiger charge is -2.13. The number of carbonyl (C=O) groups is 1. The van der Waals surface area contributed by atoms with E-state index in [1.807, 2.05) is 6.92 Å². The van der Waals surface area contributed by atoms with Gasteiger partial charge in [-0.2, -0.15) is 0 Å². The Morgan fingerprint density at radius 1 is 1.21 bits per heavy atom. The van der Waals surface area contributed by atoms with Crippen molar-refractivity contribution in [3.8, 4) is 11.5 Å². The highest BCUT2D eigenvalue weighted by Gasteiger charge is 2.31. The Kier molecular flexibility index (Phi) is 6.38. The third-order valence-electron chi connectivity index (χ3n) is 4.55. The molecule has 0 radical (unpaired) electrons. The molecule has 156 valence electrons. The van der Waals surface area contributed by atoms with Gasteiger partial charge in [-0.05, 0) is 55.3 Å². The molecule has 1 aliphatic rings. The van der Waals surface area contributed by atoms with E-state index in [1.54, 1.807) is 36.4 Å². The van der Waals surface area contributed by atoms with Crippen molar-refractivity contribution in [3.05, 3.63) is 48.0 Å². The molecule has 0 aliphatic carbocycles. The van der Waals surface area contributed by atoms with Crippen LogP contribution in [0.2, 0.25) is 0 Å². The third-order valence-corrected chi connectivity index (χ3v) is 5.48. The number of rotatable bonds is 7. The van der Waals surface area contributed by atoms with Gasteiger partial charge in [0.15, 0.2) is 0 Å². The van der Waals surface area contributed by atoms with Gasteiger partial charge in [-0.15, -0.1) is 0 Å². The van der Waals surface area contributed by atoms with Gasteiger partial charge < -0.3 is 14.8 Å². The number of hydrogen-bond donors (Lipinski definition) is 4. The summed E-state index contributed by atoms with van der Waals surface area (Å²) in [6.07, 6.45) is 0.430. The molecule has 1 fully saturated rings. The van der Waals surface area contributed by atoms with Crippen LogP contribution in [0.1, 0.15) is 24.9 Å². The minimum atomic E-state index is -3.94. The molecule has 2 atom stereocenters. The molecule has 9 nitrogen and oxygen atoms in total. The molecule has 1 aliphatic heterocycles. The number of anilines is 1. The minimum absolute atomic E-state index is 0.0958. The number of nitrogens with one attached hydrogen (secondary N) is 3. The number of amides is 1. The number of hydrogen-bond acceptors (Lipinski definition) is 7. The van der Waals surface area contributed by atoms with Crippen LogP contribution in [0, 0.1) is 0 Å².